The molecule has 18 heavy (non-hydrogen) atoms. The molecule has 0 radical (unpaired) electrons. The molecule has 5 nitrogen and oxygen atoms in total. The molecule has 0 aromatic heterocycles. The number of phenolic OH excluding ortho intramolecular Hbond substituents is 1. The van der Waals surface area contributed by atoms with Gasteiger partial charge in [0.15, 0.2) is 0 Å². The van der Waals surface area contributed by atoms with Crippen molar-refractivity contribution in [1.29, 1.82) is 0 Å². The fourth-order valence-electron chi connectivity index (χ4n) is 1.99. The summed E-state index contributed by atoms with van der Waals surface area (Å²) in [6, 6.07) is 6.32. The van der Waals surface area contributed by atoms with Crippen LogP contribution < -0.4 is 4.72 Å². The lowest BCUT2D eigenvalue weighted by atomic mass is 10.0. The molecule has 1 saturated heterocycles. The van der Waals surface area contributed by atoms with Crippen molar-refractivity contribution in [3.63, 3.8) is 0 Å². The zero-order valence-corrected chi connectivity index (χ0v) is 11.2. The van der Waals surface area contributed by atoms with Crippen LogP contribution in [0.2, 0.25) is 0 Å². The largest absolute Gasteiger partial charge is 0.506 e. The quantitative estimate of drug-likeness (QED) is 0.823. The molecule has 0 bridgehead atoms. The molecule has 0 unspecified atom stereocenters. The van der Waals surface area contributed by atoms with Crippen LogP contribution in [-0.2, 0) is 10.2 Å². The number of phenols is 1. The van der Waals surface area contributed by atoms with Gasteiger partial charge in [-0.05, 0) is 30.9 Å². The normalized spacial score (nSPS) is 18.7. The van der Waals surface area contributed by atoms with Crippen molar-refractivity contribution in [1.82, 2.24) is 4.31 Å². The Kier molecular flexibility index (Phi) is 3.77. The molecule has 100 valence electrons. The molecule has 0 amide bonds. The number of nitrogens with zero attached hydrogens (tertiary/aromatic N) is 1. The van der Waals surface area contributed by atoms with Gasteiger partial charge >= 0.3 is 10.2 Å². The van der Waals surface area contributed by atoms with Crippen molar-refractivity contribution in [3.8, 4) is 5.75 Å². The third-order valence-electron chi connectivity index (χ3n) is 3.23. The van der Waals surface area contributed by atoms with Gasteiger partial charge in [0.1, 0.15) is 5.75 Å². The number of aromatic hydroxyl groups is 1. The summed E-state index contributed by atoms with van der Waals surface area (Å²) in [5, 5.41) is 9.57. The maximum absolute atomic E-state index is 12.1. The first kappa shape index (κ1) is 13.2. The number of hydrogen-bond acceptors (Lipinski definition) is 3. The zero-order chi connectivity index (χ0) is 13.2. The maximum atomic E-state index is 12.1. The second kappa shape index (κ2) is 5.16. The van der Waals surface area contributed by atoms with Gasteiger partial charge in [-0.3, -0.25) is 4.72 Å². The van der Waals surface area contributed by atoms with Crippen LogP contribution in [0.3, 0.4) is 0 Å². The van der Waals surface area contributed by atoms with Gasteiger partial charge in [0.2, 0.25) is 0 Å². The first-order valence-electron chi connectivity index (χ1n) is 6.05. The van der Waals surface area contributed by atoms with E-state index in [1.807, 2.05) is 0 Å². The van der Waals surface area contributed by atoms with E-state index in [1.54, 1.807) is 18.2 Å². The van der Waals surface area contributed by atoms with Gasteiger partial charge < -0.3 is 5.11 Å². The molecule has 0 spiro atoms. The van der Waals surface area contributed by atoms with Gasteiger partial charge in [0.05, 0.1) is 5.69 Å². The van der Waals surface area contributed by atoms with E-state index in [0.29, 0.717) is 19.0 Å². The lowest BCUT2D eigenvalue weighted by Crippen LogP contribution is -2.41. The molecule has 1 heterocycles. The second-order valence-corrected chi connectivity index (χ2v) is 6.38. The van der Waals surface area contributed by atoms with Crippen LogP contribution >= 0.6 is 0 Å². The van der Waals surface area contributed by atoms with E-state index in [-0.39, 0.29) is 11.4 Å². The highest BCUT2D eigenvalue weighted by Gasteiger charge is 2.26. The van der Waals surface area contributed by atoms with Crippen LogP contribution in [0.1, 0.15) is 19.8 Å². The van der Waals surface area contributed by atoms with Crippen LogP contribution in [0.5, 0.6) is 5.75 Å². The van der Waals surface area contributed by atoms with Gasteiger partial charge in [-0.15, -0.1) is 0 Å². The van der Waals surface area contributed by atoms with E-state index in [1.165, 1.54) is 10.4 Å². The number of anilines is 1. The summed E-state index contributed by atoms with van der Waals surface area (Å²) in [6.07, 6.45) is 1.75. The summed E-state index contributed by atoms with van der Waals surface area (Å²) in [5.74, 6) is 0.507. The summed E-state index contributed by atoms with van der Waals surface area (Å²) < 4.78 is 28.1. The molecule has 1 aromatic carbocycles. The number of hydrogen-bond donors (Lipinski definition) is 2. The van der Waals surface area contributed by atoms with E-state index in [0.717, 1.165) is 12.8 Å². The highest BCUT2D eigenvalue weighted by atomic mass is 32.2. The summed E-state index contributed by atoms with van der Waals surface area (Å²) in [4.78, 5) is 0. The molecular weight excluding hydrogens is 252 g/mol. The minimum atomic E-state index is -3.56. The van der Waals surface area contributed by atoms with Crippen LogP contribution in [0.25, 0.3) is 0 Å². The van der Waals surface area contributed by atoms with Crippen molar-refractivity contribution in [3.05, 3.63) is 24.3 Å². The van der Waals surface area contributed by atoms with Gasteiger partial charge in [-0.1, -0.05) is 19.1 Å². The molecule has 1 aromatic rings. The lowest BCUT2D eigenvalue weighted by Gasteiger charge is -2.29. The molecule has 1 aliphatic rings. The number of nitrogens with one attached hydrogen (secondary N) is 1. The minimum absolute atomic E-state index is 0.0635. The van der Waals surface area contributed by atoms with E-state index in [9.17, 15) is 13.5 Å². The van der Waals surface area contributed by atoms with Crippen LogP contribution in [-0.4, -0.2) is 30.9 Å². The van der Waals surface area contributed by atoms with E-state index < -0.39 is 10.2 Å². The average molecular weight is 270 g/mol. The molecule has 6 heteroatoms. The van der Waals surface area contributed by atoms with Crippen molar-refractivity contribution < 1.29 is 13.5 Å². The summed E-state index contributed by atoms with van der Waals surface area (Å²) >= 11 is 0. The summed E-state index contributed by atoms with van der Waals surface area (Å²) in [7, 11) is -3.56. The maximum Gasteiger partial charge on any atom is 0.301 e. The zero-order valence-electron chi connectivity index (χ0n) is 10.3. The predicted molar refractivity (Wildman–Crippen MR) is 70.6 cm³/mol. The Morgan fingerprint density at radius 2 is 1.89 bits per heavy atom. The number of benzene rings is 1. The van der Waals surface area contributed by atoms with Crippen LogP contribution in [0, 0.1) is 5.92 Å². The molecule has 1 aliphatic heterocycles. The topological polar surface area (TPSA) is 69.6 Å². The number of para-hydroxylation sites is 2. The Balaban J connectivity index is 2.10. The standard InChI is InChI=1S/C12H18N2O3S/c1-10-6-8-14(9-7-10)18(16,17)13-11-4-2-3-5-12(11)15/h2-5,10,13,15H,6-9H2,1H3. The van der Waals surface area contributed by atoms with E-state index in [2.05, 4.69) is 11.6 Å². The molecule has 2 rings (SSSR count). The molecular formula is C12H18N2O3S. The average Bonchev–Trinajstić information content (AvgIpc) is 2.32. The van der Waals surface area contributed by atoms with Crippen LogP contribution in [0.4, 0.5) is 5.69 Å². The molecule has 1 fully saturated rings. The second-order valence-electron chi connectivity index (χ2n) is 4.71. The van der Waals surface area contributed by atoms with Gasteiger partial charge in [-0.25, -0.2) is 0 Å². The Morgan fingerprint density at radius 1 is 1.28 bits per heavy atom. The molecule has 0 aliphatic carbocycles. The molecule has 0 saturated carbocycles. The highest BCUT2D eigenvalue weighted by Crippen LogP contribution is 2.25. The first-order valence-corrected chi connectivity index (χ1v) is 7.49. The molecule has 0 atom stereocenters. The van der Waals surface area contributed by atoms with Gasteiger partial charge in [0.25, 0.3) is 0 Å². The Bertz CT molecular complexity index is 508. The molecule has 2 N–H and O–H groups in total. The van der Waals surface area contributed by atoms with Crippen molar-refractivity contribution >= 4 is 15.9 Å². The first-order chi connectivity index (χ1) is 8.49. The Morgan fingerprint density at radius 3 is 2.50 bits per heavy atom. The Labute approximate surface area is 108 Å². The van der Waals surface area contributed by atoms with Gasteiger partial charge in [-0.2, -0.15) is 12.7 Å². The predicted octanol–water partition coefficient (Wildman–Crippen LogP) is 1.78. The third-order valence-corrected chi connectivity index (χ3v) is 4.75. The fraction of sp³-hybridized carbons (Fsp3) is 0.500. The third kappa shape index (κ3) is 2.94. The fourth-order valence-corrected chi connectivity index (χ4v) is 3.26. The van der Waals surface area contributed by atoms with Gasteiger partial charge in [0, 0.05) is 13.1 Å². The monoisotopic (exact) mass is 270 g/mol. The number of rotatable bonds is 3. The summed E-state index contributed by atoms with van der Waals surface area (Å²) in [5.41, 5.74) is 0.219. The number of piperidine rings is 1. The van der Waals surface area contributed by atoms with Crippen molar-refractivity contribution in [2.45, 2.75) is 19.8 Å². The van der Waals surface area contributed by atoms with Crippen molar-refractivity contribution in [2.24, 2.45) is 5.92 Å². The lowest BCUT2D eigenvalue weighted by molar-refractivity contribution is 0.289. The minimum Gasteiger partial charge on any atom is -0.506 e. The van der Waals surface area contributed by atoms with Crippen molar-refractivity contribution in [2.75, 3.05) is 17.8 Å². The smallest absolute Gasteiger partial charge is 0.301 e. The summed E-state index contributed by atoms with van der Waals surface area (Å²) in [6.45, 7) is 3.19. The van der Waals surface area contributed by atoms with Crippen LogP contribution in [0.15, 0.2) is 24.3 Å². The Hall–Kier alpha value is -1.27. The van der Waals surface area contributed by atoms with E-state index >= 15 is 0 Å². The SMILES string of the molecule is CC1CCN(S(=O)(=O)Nc2ccccc2O)CC1. The van der Waals surface area contributed by atoms with E-state index in [4.69, 9.17) is 0 Å². The highest BCUT2D eigenvalue weighted by molar-refractivity contribution is 7.90.